The molecule has 6 nitrogen and oxygen atoms in total. The highest BCUT2D eigenvalue weighted by molar-refractivity contribution is 5.79. The van der Waals surface area contributed by atoms with E-state index in [1.54, 1.807) is 0 Å². The molecule has 0 N–H and O–H groups in total. The summed E-state index contributed by atoms with van der Waals surface area (Å²) in [7, 11) is 0. The van der Waals surface area contributed by atoms with E-state index in [2.05, 4.69) is 20.8 Å². The molecule has 1 heterocycles. The van der Waals surface area contributed by atoms with Crippen LogP contribution in [0, 0.1) is 34.5 Å². The molecule has 0 aromatic heterocycles. The summed E-state index contributed by atoms with van der Waals surface area (Å²) in [5, 5.41) is 0. The molecule has 0 radical (unpaired) electrons. The molecule has 0 spiro atoms. The van der Waals surface area contributed by atoms with E-state index in [0.29, 0.717) is 6.42 Å². The quantitative estimate of drug-likeness (QED) is 0.539. The van der Waals surface area contributed by atoms with Crippen molar-refractivity contribution in [3.05, 3.63) is 0 Å². The van der Waals surface area contributed by atoms with Crippen molar-refractivity contribution in [3.8, 4) is 0 Å². The average molecular weight is 380 g/mol. The minimum absolute atomic E-state index is 0.0160. The van der Waals surface area contributed by atoms with Gasteiger partial charge in [0, 0.05) is 11.8 Å². The number of hydrogen-bond acceptors (Lipinski definition) is 6. The van der Waals surface area contributed by atoms with Crippen LogP contribution in [0.5, 0.6) is 0 Å². The van der Waals surface area contributed by atoms with Crippen LogP contribution in [0.3, 0.4) is 0 Å². The summed E-state index contributed by atoms with van der Waals surface area (Å²) in [6, 6.07) is 0. The van der Waals surface area contributed by atoms with Crippen molar-refractivity contribution in [1.29, 1.82) is 0 Å². The zero-order chi connectivity index (χ0) is 20.1. The van der Waals surface area contributed by atoms with Crippen LogP contribution >= 0.6 is 0 Å². The van der Waals surface area contributed by atoms with Crippen molar-refractivity contribution < 1.29 is 28.6 Å². The molecule has 0 aromatic carbocycles. The Hall–Kier alpha value is -1.59. The van der Waals surface area contributed by atoms with Crippen molar-refractivity contribution >= 4 is 17.9 Å². The van der Waals surface area contributed by atoms with Gasteiger partial charge in [-0.25, -0.2) is 4.79 Å². The maximum Gasteiger partial charge on any atom is 0.344 e. The molecule has 2 bridgehead atoms. The fraction of sp³-hybridized carbons (Fsp3) is 0.857. The molecular formula is C21H32O6. The summed E-state index contributed by atoms with van der Waals surface area (Å²) >= 11 is 0. The second kappa shape index (κ2) is 6.78. The van der Waals surface area contributed by atoms with E-state index in [0.717, 1.165) is 12.8 Å². The minimum Gasteiger partial charge on any atom is -0.458 e. The van der Waals surface area contributed by atoms with Gasteiger partial charge in [0.1, 0.15) is 12.2 Å². The third-order valence-corrected chi connectivity index (χ3v) is 6.16. The maximum atomic E-state index is 12.6. The zero-order valence-corrected chi connectivity index (χ0v) is 17.2. The molecule has 0 amide bonds. The van der Waals surface area contributed by atoms with Crippen molar-refractivity contribution in [2.75, 3.05) is 6.61 Å². The summed E-state index contributed by atoms with van der Waals surface area (Å²) in [4.78, 5) is 36.7. The van der Waals surface area contributed by atoms with E-state index in [4.69, 9.17) is 14.2 Å². The molecule has 6 unspecified atom stereocenters. The van der Waals surface area contributed by atoms with Gasteiger partial charge in [0.25, 0.3) is 0 Å². The topological polar surface area (TPSA) is 78.9 Å². The second-order valence-corrected chi connectivity index (χ2v) is 10.6. The fourth-order valence-corrected chi connectivity index (χ4v) is 4.84. The van der Waals surface area contributed by atoms with Gasteiger partial charge in [-0.15, -0.1) is 0 Å². The molecule has 0 aromatic rings. The average Bonchev–Trinajstić information content (AvgIpc) is 3.13. The van der Waals surface area contributed by atoms with Gasteiger partial charge < -0.3 is 14.2 Å². The second-order valence-electron chi connectivity index (χ2n) is 10.6. The van der Waals surface area contributed by atoms with Crippen molar-refractivity contribution in [3.63, 3.8) is 0 Å². The molecule has 2 saturated carbocycles. The van der Waals surface area contributed by atoms with Crippen LogP contribution in [-0.2, 0) is 28.6 Å². The first kappa shape index (κ1) is 20.2. The molecular weight excluding hydrogens is 348 g/mol. The number of carbonyl (C=O) groups excluding carboxylic acids is 3. The largest absolute Gasteiger partial charge is 0.458 e. The van der Waals surface area contributed by atoms with Crippen LogP contribution in [0.1, 0.15) is 60.8 Å². The molecule has 6 heteroatoms. The molecule has 2 aliphatic carbocycles. The molecule has 3 rings (SSSR count). The summed E-state index contributed by atoms with van der Waals surface area (Å²) in [5.74, 6) is -1.05. The highest BCUT2D eigenvalue weighted by Crippen LogP contribution is 2.55. The minimum atomic E-state index is -0.566. The van der Waals surface area contributed by atoms with E-state index >= 15 is 0 Å². The fourth-order valence-electron chi connectivity index (χ4n) is 4.84. The first-order chi connectivity index (χ1) is 12.4. The van der Waals surface area contributed by atoms with Gasteiger partial charge >= 0.3 is 17.9 Å². The van der Waals surface area contributed by atoms with E-state index < -0.39 is 18.7 Å². The first-order valence-electron chi connectivity index (χ1n) is 9.93. The van der Waals surface area contributed by atoms with Crippen LogP contribution in [-0.4, -0.2) is 36.7 Å². The van der Waals surface area contributed by atoms with Crippen LogP contribution in [0.15, 0.2) is 0 Å². The molecule has 3 fully saturated rings. The van der Waals surface area contributed by atoms with Crippen LogP contribution in [0.2, 0.25) is 0 Å². The number of hydrogen-bond donors (Lipinski definition) is 0. The van der Waals surface area contributed by atoms with Gasteiger partial charge in [-0.2, -0.15) is 0 Å². The van der Waals surface area contributed by atoms with E-state index in [9.17, 15) is 14.4 Å². The Kier molecular flexibility index (Phi) is 5.06. The van der Waals surface area contributed by atoms with Crippen LogP contribution < -0.4 is 0 Å². The number of rotatable bonds is 5. The Bertz CT molecular complexity index is 626. The molecule has 1 aliphatic heterocycles. The van der Waals surface area contributed by atoms with Gasteiger partial charge in [0.15, 0.2) is 6.61 Å². The third kappa shape index (κ3) is 4.14. The highest BCUT2D eigenvalue weighted by atomic mass is 16.6. The highest BCUT2D eigenvalue weighted by Gasteiger charge is 2.63. The number of ether oxygens (including phenoxy) is 3. The van der Waals surface area contributed by atoms with E-state index in [1.807, 2.05) is 20.8 Å². The van der Waals surface area contributed by atoms with E-state index in [1.165, 1.54) is 0 Å². The summed E-state index contributed by atoms with van der Waals surface area (Å²) in [6.07, 6.45) is 1.57. The lowest BCUT2D eigenvalue weighted by Gasteiger charge is -2.33. The standard InChI is InChI=1S/C21H32O6/c1-20(2,3)9-14(21(4,5)6)19(24)25-10-15(22)26-16-11-7-12-13(8-11)18(23)27-17(12)16/h11-14,16-17H,7-10H2,1-6H3. The smallest absolute Gasteiger partial charge is 0.344 e. The first-order valence-corrected chi connectivity index (χ1v) is 9.93. The lowest BCUT2D eigenvalue weighted by atomic mass is 9.72. The number of fused-ring (bicyclic) bond motifs is 1. The molecule has 152 valence electrons. The van der Waals surface area contributed by atoms with Crippen molar-refractivity contribution in [1.82, 2.24) is 0 Å². The molecule has 1 saturated heterocycles. The van der Waals surface area contributed by atoms with Gasteiger partial charge in [0.2, 0.25) is 0 Å². The predicted molar refractivity (Wildman–Crippen MR) is 97.4 cm³/mol. The Balaban J connectivity index is 1.53. The SMILES string of the molecule is CC(C)(C)CC(C(=O)OCC(=O)OC1C2CC3C(=O)OC1C3C2)C(C)(C)C. The Labute approximate surface area is 161 Å². The van der Waals surface area contributed by atoms with E-state index in [-0.39, 0.29) is 52.5 Å². The summed E-state index contributed by atoms with van der Waals surface area (Å²) < 4.78 is 16.2. The molecule has 6 atom stereocenters. The van der Waals surface area contributed by atoms with Crippen molar-refractivity contribution in [2.45, 2.75) is 73.0 Å². The lowest BCUT2D eigenvalue weighted by molar-refractivity contribution is -0.172. The molecule has 27 heavy (non-hydrogen) atoms. The van der Waals surface area contributed by atoms with Crippen LogP contribution in [0.25, 0.3) is 0 Å². The van der Waals surface area contributed by atoms with Crippen molar-refractivity contribution in [2.24, 2.45) is 34.5 Å². The predicted octanol–water partition coefficient (Wildman–Crippen LogP) is 3.12. The summed E-state index contributed by atoms with van der Waals surface area (Å²) in [6.45, 7) is 11.9. The number of carbonyl (C=O) groups is 3. The number of esters is 3. The Morgan fingerprint density at radius 2 is 1.81 bits per heavy atom. The Morgan fingerprint density at radius 3 is 2.41 bits per heavy atom. The third-order valence-electron chi connectivity index (χ3n) is 6.16. The van der Waals surface area contributed by atoms with Gasteiger partial charge in [-0.05, 0) is 30.1 Å². The zero-order valence-electron chi connectivity index (χ0n) is 17.2. The monoisotopic (exact) mass is 380 g/mol. The lowest BCUT2D eigenvalue weighted by Crippen LogP contribution is -2.38. The van der Waals surface area contributed by atoms with Gasteiger partial charge in [-0.3, -0.25) is 9.59 Å². The summed E-state index contributed by atoms with van der Waals surface area (Å²) in [5.41, 5.74) is -0.282. The van der Waals surface area contributed by atoms with Gasteiger partial charge in [0.05, 0.1) is 11.8 Å². The Morgan fingerprint density at radius 1 is 1.15 bits per heavy atom. The van der Waals surface area contributed by atoms with Crippen LogP contribution in [0.4, 0.5) is 0 Å². The normalized spacial score (nSPS) is 33.0. The maximum absolute atomic E-state index is 12.6. The van der Waals surface area contributed by atoms with Gasteiger partial charge in [-0.1, -0.05) is 41.5 Å². The molecule has 3 aliphatic rings.